The molecule has 9 heteroatoms. The number of aliphatic hydroxyl groups is 1. The van der Waals surface area contributed by atoms with Gasteiger partial charge in [-0.2, -0.15) is 0 Å². The van der Waals surface area contributed by atoms with Gasteiger partial charge in [-0.3, -0.25) is 9.36 Å². The lowest BCUT2D eigenvalue weighted by atomic mass is 10.0. The standard InChI is InChI=1S/C76H153N2O6P/c1-6-8-10-12-14-16-18-20-22-24-26-28-30-32-34-36-38-40-41-43-45-47-49-51-53-55-57-59-61-63-65-67-69-75(79)74(73-84-85(81,82)83-72-71-78(3,4)5)77-76(80)70-68-66-64-62-60-58-56-54-52-50-48-46-44-42-39-37-35-33-31-29-27-25-23-21-19-17-15-13-11-9-7-2/h67,69,74-75,79H,6-66,68,70-73H2,1-5H3,(H-,77,80,81,82)/b69-67+. The van der Waals surface area contributed by atoms with Crippen molar-refractivity contribution in [3.8, 4) is 0 Å². The van der Waals surface area contributed by atoms with Gasteiger partial charge < -0.3 is 28.8 Å². The van der Waals surface area contributed by atoms with E-state index in [1.54, 1.807) is 6.08 Å². The van der Waals surface area contributed by atoms with Gasteiger partial charge in [0.1, 0.15) is 13.2 Å². The van der Waals surface area contributed by atoms with Gasteiger partial charge in [0.05, 0.1) is 39.9 Å². The zero-order chi connectivity index (χ0) is 61.9. The lowest BCUT2D eigenvalue weighted by Gasteiger charge is -2.29. The maximum absolute atomic E-state index is 13.1. The number of carbonyl (C=O) groups is 1. The number of likely N-dealkylation sites (N-methyl/N-ethyl adjacent to an activating group) is 1. The van der Waals surface area contributed by atoms with Crippen molar-refractivity contribution in [2.45, 2.75) is 431 Å². The van der Waals surface area contributed by atoms with Crippen molar-refractivity contribution in [2.24, 2.45) is 0 Å². The number of phosphoric ester groups is 1. The first-order valence-electron chi connectivity index (χ1n) is 38.6. The van der Waals surface area contributed by atoms with E-state index >= 15 is 0 Å². The molecule has 0 saturated heterocycles. The van der Waals surface area contributed by atoms with Crippen LogP contribution in [-0.4, -0.2) is 68.5 Å². The zero-order valence-electron chi connectivity index (χ0n) is 58.4. The Balaban J connectivity index is 3.96. The summed E-state index contributed by atoms with van der Waals surface area (Å²) in [7, 11) is 1.29. The molecule has 0 spiro atoms. The summed E-state index contributed by atoms with van der Waals surface area (Å²) in [6.45, 7) is 4.73. The minimum absolute atomic E-state index is 0.00314. The Hall–Kier alpha value is -0.760. The van der Waals surface area contributed by atoms with Crippen molar-refractivity contribution in [1.82, 2.24) is 5.32 Å². The first-order chi connectivity index (χ1) is 41.5. The Morgan fingerprint density at radius 3 is 0.882 bits per heavy atom. The summed E-state index contributed by atoms with van der Waals surface area (Å²) in [4.78, 5) is 25.7. The number of hydrogen-bond acceptors (Lipinski definition) is 6. The van der Waals surface area contributed by atoms with Gasteiger partial charge in [-0.15, -0.1) is 0 Å². The number of nitrogens with zero attached hydrogens (tertiary/aromatic N) is 1. The fraction of sp³-hybridized carbons (Fsp3) is 0.961. The molecule has 0 heterocycles. The third-order valence-corrected chi connectivity index (χ3v) is 19.2. The third-order valence-electron chi connectivity index (χ3n) is 18.2. The van der Waals surface area contributed by atoms with E-state index in [-0.39, 0.29) is 19.1 Å². The summed E-state index contributed by atoms with van der Waals surface area (Å²) >= 11 is 0. The van der Waals surface area contributed by atoms with Crippen LogP contribution in [0.2, 0.25) is 0 Å². The van der Waals surface area contributed by atoms with E-state index in [1.807, 2.05) is 27.2 Å². The second-order valence-corrected chi connectivity index (χ2v) is 29.5. The average molecular weight is 1220 g/mol. The predicted octanol–water partition coefficient (Wildman–Crippen LogP) is 24.2. The van der Waals surface area contributed by atoms with E-state index < -0.39 is 20.0 Å². The molecule has 0 saturated carbocycles. The van der Waals surface area contributed by atoms with Crippen LogP contribution < -0.4 is 10.2 Å². The molecule has 3 atom stereocenters. The van der Waals surface area contributed by atoms with Gasteiger partial charge in [0.25, 0.3) is 7.82 Å². The van der Waals surface area contributed by atoms with Crippen LogP contribution in [0.25, 0.3) is 0 Å². The van der Waals surface area contributed by atoms with Crippen LogP contribution in [0.1, 0.15) is 418 Å². The summed E-state index contributed by atoms with van der Waals surface area (Å²) in [5.74, 6) is -0.186. The van der Waals surface area contributed by atoms with Crippen molar-refractivity contribution in [3.63, 3.8) is 0 Å². The number of rotatable bonds is 73. The van der Waals surface area contributed by atoms with Crippen LogP contribution in [-0.2, 0) is 18.4 Å². The van der Waals surface area contributed by atoms with Crippen molar-refractivity contribution in [2.75, 3.05) is 40.9 Å². The third kappa shape index (κ3) is 70.6. The Morgan fingerprint density at radius 2 is 0.635 bits per heavy atom. The second-order valence-electron chi connectivity index (χ2n) is 28.1. The smallest absolute Gasteiger partial charge is 0.268 e. The Morgan fingerprint density at radius 1 is 0.400 bits per heavy atom. The van der Waals surface area contributed by atoms with Crippen molar-refractivity contribution in [3.05, 3.63) is 12.2 Å². The number of unbranched alkanes of at least 4 members (excludes halogenated alkanes) is 60. The van der Waals surface area contributed by atoms with Crippen LogP contribution in [0.5, 0.6) is 0 Å². The van der Waals surface area contributed by atoms with E-state index in [0.717, 1.165) is 38.5 Å². The molecule has 0 bridgehead atoms. The topological polar surface area (TPSA) is 108 Å². The molecule has 0 aromatic rings. The van der Waals surface area contributed by atoms with Gasteiger partial charge in [0.15, 0.2) is 0 Å². The highest BCUT2D eigenvalue weighted by Crippen LogP contribution is 2.38. The van der Waals surface area contributed by atoms with E-state index in [1.165, 1.54) is 360 Å². The Kier molecular flexibility index (Phi) is 67.0. The van der Waals surface area contributed by atoms with Crippen molar-refractivity contribution < 1.29 is 32.9 Å². The number of nitrogens with one attached hydrogen (secondary N) is 1. The van der Waals surface area contributed by atoms with E-state index in [4.69, 9.17) is 9.05 Å². The molecule has 0 aromatic heterocycles. The van der Waals surface area contributed by atoms with Crippen molar-refractivity contribution >= 4 is 13.7 Å². The van der Waals surface area contributed by atoms with Crippen LogP contribution in [0.3, 0.4) is 0 Å². The molecule has 2 N–H and O–H groups in total. The summed E-state index contributed by atoms with van der Waals surface area (Å²) in [5, 5.41) is 14.0. The van der Waals surface area contributed by atoms with Gasteiger partial charge in [0.2, 0.25) is 5.91 Å². The monoisotopic (exact) mass is 1220 g/mol. The predicted molar refractivity (Wildman–Crippen MR) is 372 cm³/mol. The van der Waals surface area contributed by atoms with Crippen LogP contribution in [0, 0.1) is 0 Å². The van der Waals surface area contributed by atoms with E-state index in [9.17, 15) is 19.4 Å². The Bertz CT molecular complexity index is 1390. The van der Waals surface area contributed by atoms with Gasteiger partial charge in [-0.25, -0.2) is 0 Å². The maximum atomic E-state index is 13.1. The lowest BCUT2D eigenvalue weighted by Crippen LogP contribution is -2.45. The fourth-order valence-electron chi connectivity index (χ4n) is 12.3. The highest BCUT2D eigenvalue weighted by atomic mass is 31.2. The molecule has 0 rings (SSSR count). The molecular formula is C76H153N2O6P. The minimum atomic E-state index is -4.60. The minimum Gasteiger partial charge on any atom is -0.756 e. The first kappa shape index (κ1) is 84.2. The SMILES string of the molecule is CCCCCCCCCCCCCCCCCCCCCCCCCCCCCCCC/C=C/C(O)C(COP(=O)([O-])OCC[N+](C)(C)C)NC(=O)CCCCCCCCCCCCCCCCCCCCCCCCCCCCCCCCC. The van der Waals surface area contributed by atoms with Crippen LogP contribution in [0.4, 0.5) is 0 Å². The summed E-state index contributed by atoms with van der Waals surface area (Å²) < 4.78 is 23.5. The molecule has 8 nitrogen and oxygen atoms in total. The number of aliphatic hydroxyl groups excluding tert-OH is 1. The summed E-state index contributed by atoms with van der Waals surface area (Å²) in [6.07, 6.45) is 88.0. The highest BCUT2D eigenvalue weighted by molar-refractivity contribution is 7.45. The normalized spacial score (nSPS) is 13.5. The molecular weight excluding hydrogens is 1070 g/mol. The van der Waals surface area contributed by atoms with E-state index in [2.05, 4.69) is 19.2 Å². The van der Waals surface area contributed by atoms with E-state index in [0.29, 0.717) is 17.4 Å². The molecule has 3 unspecified atom stereocenters. The molecule has 0 aliphatic heterocycles. The average Bonchev–Trinajstić information content (AvgIpc) is 3.49. The number of carbonyl (C=O) groups excluding carboxylic acids is 1. The summed E-state index contributed by atoms with van der Waals surface area (Å²) in [5.41, 5.74) is 0. The molecule has 0 radical (unpaired) electrons. The zero-order valence-corrected chi connectivity index (χ0v) is 59.3. The molecule has 85 heavy (non-hydrogen) atoms. The van der Waals surface area contributed by atoms with Crippen LogP contribution >= 0.6 is 7.82 Å². The first-order valence-corrected chi connectivity index (χ1v) is 40.0. The number of amides is 1. The van der Waals surface area contributed by atoms with Crippen molar-refractivity contribution in [1.29, 1.82) is 0 Å². The van der Waals surface area contributed by atoms with Crippen LogP contribution in [0.15, 0.2) is 12.2 Å². The highest BCUT2D eigenvalue weighted by Gasteiger charge is 2.23. The molecule has 0 fully saturated rings. The number of allylic oxidation sites excluding steroid dienone is 1. The number of quaternary nitrogens is 1. The largest absolute Gasteiger partial charge is 0.756 e. The number of phosphoric acid groups is 1. The molecule has 508 valence electrons. The maximum Gasteiger partial charge on any atom is 0.268 e. The molecule has 0 aliphatic carbocycles. The quantitative estimate of drug-likeness (QED) is 0.0272. The fourth-order valence-corrected chi connectivity index (χ4v) is 13.0. The number of hydrogen-bond donors (Lipinski definition) is 2. The molecule has 0 aromatic carbocycles. The van der Waals surface area contributed by atoms with Gasteiger partial charge in [-0.1, -0.05) is 405 Å². The molecule has 0 aliphatic rings. The van der Waals surface area contributed by atoms with Gasteiger partial charge in [0, 0.05) is 6.42 Å². The second kappa shape index (κ2) is 67.6. The summed E-state index contributed by atoms with van der Waals surface area (Å²) in [6, 6.07) is -0.884. The lowest BCUT2D eigenvalue weighted by molar-refractivity contribution is -0.870. The molecule has 1 amide bonds. The van der Waals surface area contributed by atoms with Gasteiger partial charge in [-0.05, 0) is 19.3 Å². The van der Waals surface area contributed by atoms with Gasteiger partial charge >= 0.3 is 0 Å². The Labute approximate surface area is 532 Å².